The average Bonchev–Trinajstić information content (AvgIpc) is 3.46. The third-order valence-corrected chi connectivity index (χ3v) is 6.96. The minimum Gasteiger partial charge on any atom is -0.497 e. The van der Waals surface area contributed by atoms with Gasteiger partial charge in [-0.1, -0.05) is 42.5 Å². The average molecular weight is 464 g/mol. The van der Waals surface area contributed by atoms with Crippen LogP contribution in [-0.4, -0.2) is 36.0 Å². The molecular formula is C26H29N3O3S. The maximum absolute atomic E-state index is 12.5. The first-order chi connectivity index (χ1) is 16.0. The van der Waals surface area contributed by atoms with Crippen LogP contribution in [0.25, 0.3) is 11.3 Å². The van der Waals surface area contributed by atoms with E-state index in [0.29, 0.717) is 38.6 Å². The monoisotopic (exact) mass is 463 g/mol. The smallest absolute Gasteiger partial charge is 0.220 e. The van der Waals surface area contributed by atoms with Crippen LogP contribution >= 0.6 is 11.3 Å². The molecule has 1 saturated heterocycles. The number of amides is 2. The molecule has 2 heterocycles. The summed E-state index contributed by atoms with van der Waals surface area (Å²) in [6, 6.07) is 18.0. The Morgan fingerprint density at radius 3 is 2.67 bits per heavy atom. The van der Waals surface area contributed by atoms with Crippen molar-refractivity contribution in [2.45, 2.75) is 44.1 Å². The number of benzene rings is 2. The zero-order valence-electron chi connectivity index (χ0n) is 18.8. The normalized spacial score (nSPS) is 17.5. The topological polar surface area (TPSA) is 80.3 Å². The second kappa shape index (κ2) is 10.6. The molecule has 2 aromatic carbocycles. The van der Waals surface area contributed by atoms with E-state index in [1.54, 1.807) is 18.4 Å². The van der Waals surface area contributed by atoms with Gasteiger partial charge in [-0.15, -0.1) is 11.3 Å². The van der Waals surface area contributed by atoms with Crippen molar-refractivity contribution in [2.24, 2.45) is 0 Å². The van der Waals surface area contributed by atoms with Crippen molar-refractivity contribution >= 4 is 23.2 Å². The number of rotatable bonds is 10. The van der Waals surface area contributed by atoms with E-state index in [2.05, 4.69) is 21.0 Å². The number of thiazole rings is 1. The molecule has 0 saturated carbocycles. The number of carbonyl (C=O) groups excluding carboxylic acids is 2. The fourth-order valence-electron chi connectivity index (χ4n) is 4.23. The Bertz CT molecular complexity index is 1080. The minimum atomic E-state index is -0.372. The zero-order valence-corrected chi connectivity index (χ0v) is 19.6. The third-order valence-electron chi connectivity index (χ3n) is 6.05. The van der Waals surface area contributed by atoms with Crippen LogP contribution in [0.1, 0.15) is 36.3 Å². The summed E-state index contributed by atoms with van der Waals surface area (Å²) in [6.07, 6.45) is 3.65. The molecule has 0 unspecified atom stereocenters. The lowest BCUT2D eigenvalue weighted by Gasteiger charge is -2.29. The van der Waals surface area contributed by atoms with Crippen LogP contribution in [0, 0.1) is 0 Å². The van der Waals surface area contributed by atoms with Gasteiger partial charge in [0, 0.05) is 42.3 Å². The molecule has 0 aliphatic carbocycles. The maximum atomic E-state index is 12.5. The van der Waals surface area contributed by atoms with E-state index in [1.807, 2.05) is 54.6 Å². The maximum Gasteiger partial charge on any atom is 0.220 e. The summed E-state index contributed by atoms with van der Waals surface area (Å²) < 4.78 is 5.23. The van der Waals surface area contributed by atoms with Crippen molar-refractivity contribution < 1.29 is 14.3 Å². The van der Waals surface area contributed by atoms with Gasteiger partial charge in [0.15, 0.2) is 0 Å². The molecule has 4 rings (SSSR count). The van der Waals surface area contributed by atoms with Gasteiger partial charge in [0.2, 0.25) is 11.8 Å². The summed E-state index contributed by atoms with van der Waals surface area (Å²) in [5.41, 5.74) is 2.82. The Morgan fingerprint density at radius 2 is 1.97 bits per heavy atom. The largest absolute Gasteiger partial charge is 0.497 e. The fourth-order valence-corrected chi connectivity index (χ4v) is 5.04. The Morgan fingerprint density at radius 1 is 1.18 bits per heavy atom. The van der Waals surface area contributed by atoms with Gasteiger partial charge in [-0.05, 0) is 37.0 Å². The molecule has 2 N–H and O–H groups in total. The van der Waals surface area contributed by atoms with Gasteiger partial charge in [-0.2, -0.15) is 0 Å². The van der Waals surface area contributed by atoms with Crippen molar-refractivity contribution in [1.29, 1.82) is 0 Å². The van der Waals surface area contributed by atoms with Crippen LogP contribution < -0.4 is 15.4 Å². The molecule has 1 aliphatic heterocycles. The molecule has 2 amide bonds. The van der Waals surface area contributed by atoms with E-state index >= 15 is 0 Å². The second-order valence-electron chi connectivity index (χ2n) is 8.45. The summed E-state index contributed by atoms with van der Waals surface area (Å²) >= 11 is 1.61. The number of nitrogens with zero attached hydrogens (tertiary/aromatic N) is 1. The molecule has 33 heavy (non-hydrogen) atoms. The van der Waals surface area contributed by atoms with Crippen molar-refractivity contribution in [3.05, 3.63) is 70.5 Å². The van der Waals surface area contributed by atoms with Crippen molar-refractivity contribution in [3.63, 3.8) is 0 Å². The predicted molar refractivity (Wildman–Crippen MR) is 130 cm³/mol. The van der Waals surface area contributed by atoms with Gasteiger partial charge in [0.25, 0.3) is 0 Å². The highest BCUT2D eigenvalue weighted by atomic mass is 32.1. The first-order valence-electron chi connectivity index (χ1n) is 11.3. The molecule has 6 nitrogen and oxygen atoms in total. The van der Waals surface area contributed by atoms with Crippen molar-refractivity contribution in [2.75, 3.05) is 13.7 Å². The summed E-state index contributed by atoms with van der Waals surface area (Å²) in [5.74, 6) is 0.866. The van der Waals surface area contributed by atoms with Crippen LogP contribution in [0.5, 0.6) is 5.75 Å². The number of nitrogens with one attached hydrogen (secondary N) is 2. The lowest BCUT2D eigenvalue weighted by molar-refractivity contribution is -0.122. The molecule has 1 atom stereocenters. The third kappa shape index (κ3) is 6.20. The lowest BCUT2D eigenvalue weighted by atomic mass is 9.85. The molecule has 0 radical (unpaired) electrons. The van der Waals surface area contributed by atoms with Gasteiger partial charge in [-0.3, -0.25) is 9.59 Å². The molecule has 1 aromatic heterocycles. The second-order valence-corrected chi connectivity index (χ2v) is 9.39. The molecule has 1 fully saturated rings. The molecule has 7 heteroatoms. The molecule has 1 aliphatic rings. The quantitative estimate of drug-likeness (QED) is 0.473. The van der Waals surface area contributed by atoms with E-state index in [-0.39, 0.29) is 17.4 Å². The zero-order chi connectivity index (χ0) is 23.1. The van der Waals surface area contributed by atoms with E-state index in [1.165, 1.54) is 0 Å². The van der Waals surface area contributed by atoms with Crippen LogP contribution in [0.3, 0.4) is 0 Å². The number of ether oxygens (including phenoxy) is 1. The van der Waals surface area contributed by atoms with E-state index in [0.717, 1.165) is 34.0 Å². The number of hydrogen-bond acceptors (Lipinski definition) is 5. The number of methoxy groups -OCH3 is 1. The summed E-state index contributed by atoms with van der Waals surface area (Å²) in [6.45, 7) is 0.554. The lowest BCUT2D eigenvalue weighted by Crippen LogP contribution is -2.44. The van der Waals surface area contributed by atoms with Crippen molar-refractivity contribution in [1.82, 2.24) is 15.6 Å². The minimum absolute atomic E-state index is 0.00472. The van der Waals surface area contributed by atoms with Crippen LogP contribution in [-0.2, 0) is 22.4 Å². The number of aromatic nitrogens is 1. The summed E-state index contributed by atoms with van der Waals surface area (Å²) in [5, 5.41) is 9.21. The Hall–Kier alpha value is -3.19. The Kier molecular flexibility index (Phi) is 7.40. The van der Waals surface area contributed by atoms with Gasteiger partial charge in [0.05, 0.1) is 17.8 Å². The summed E-state index contributed by atoms with van der Waals surface area (Å²) in [4.78, 5) is 29.2. The fraction of sp³-hybridized carbons (Fsp3) is 0.346. The van der Waals surface area contributed by atoms with E-state index in [9.17, 15) is 9.59 Å². The Labute approximate surface area is 198 Å². The van der Waals surface area contributed by atoms with Gasteiger partial charge in [-0.25, -0.2) is 4.98 Å². The SMILES string of the molecule is COc1ccc(C[C@@]2(CCC(=O)NCCc3nc(-c4ccccc4)cs3)CCC(=O)N2)cc1. The number of carbonyl (C=O) groups is 2. The van der Waals surface area contributed by atoms with Crippen molar-refractivity contribution in [3.8, 4) is 17.0 Å². The van der Waals surface area contributed by atoms with E-state index < -0.39 is 0 Å². The Balaban J connectivity index is 1.26. The van der Waals surface area contributed by atoms with Gasteiger partial charge in [0.1, 0.15) is 5.75 Å². The van der Waals surface area contributed by atoms with Crippen LogP contribution in [0.2, 0.25) is 0 Å². The predicted octanol–water partition coefficient (Wildman–Crippen LogP) is 4.15. The molecule has 3 aromatic rings. The van der Waals surface area contributed by atoms with E-state index in [4.69, 9.17) is 4.74 Å². The number of hydrogen-bond donors (Lipinski definition) is 2. The van der Waals surface area contributed by atoms with Crippen LogP contribution in [0.4, 0.5) is 0 Å². The van der Waals surface area contributed by atoms with Gasteiger partial charge < -0.3 is 15.4 Å². The first kappa shape index (κ1) is 23.0. The summed E-state index contributed by atoms with van der Waals surface area (Å²) in [7, 11) is 1.64. The molecular weight excluding hydrogens is 434 g/mol. The molecule has 0 bridgehead atoms. The first-order valence-corrected chi connectivity index (χ1v) is 12.1. The highest BCUT2D eigenvalue weighted by Gasteiger charge is 2.37. The standard InChI is InChI=1S/C26H29N3O3S/c1-32-21-9-7-19(8-10-21)17-26(15-12-24(31)29-26)14-11-23(30)27-16-13-25-28-22(18-33-25)20-5-3-2-4-6-20/h2-10,18H,11-17H2,1H3,(H,27,30)(H,29,31)/t26-/m1/s1. The molecule has 0 spiro atoms. The highest BCUT2D eigenvalue weighted by molar-refractivity contribution is 7.09. The molecule has 172 valence electrons. The highest BCUT2D eigenvalue weighted by Crippen LogP contribution is 2.30. The van der Waals surface area contributed by atoms with Gasteiger partial charge >= 0.3 is 0 Å². The van der Waals surface area contributed by atoms with Crippen LogP contribution in [0.15, 0.2) is 60.0 Å².